The van der Waals surface area contributed by atoms with Crippen LogP contribution in [0.3, 0.4) is 0 Å². The van der Waals surface area contributed by atoms with E-state index in [1.165, 1.54) is 18.2 Å². The zero-order valence-corrected chi connectivity index (χ0v) is 13.5. The molecule has 2 rings (SSSR count). The van der Waals surface area contributed by atoms with Crippen LogP contribution in [-0.2, 0) is 9.05 Å². The molecular formula is C12H10Cl3FN2O2S. The minimum Gasteiger partial charge on any atom is -0.399 e. The maximum atomic E-state index is 14.4. The number of hydrogen-bond acceptors (Lipinski definition) is 4. The fourth-order valence-corrected chi connectivity index (χ4v) is 3.14. The summed E-state index contributed by atoms with van der Waals surface area (Å²) in [6, 6.07) is 7.40. The number of nitrogen functional groups attached to an aromatic ring is 2. The smallest absolute Gasteiger partial charge is 0.266 e. The van der Waals surface area contributed by atoms with E-state index in [1.807, 2.05) is 0 Å². The van der Waals surface area contributed by atoms with Gasteiger partial charge in [-0.25, -0.2) is 12.8 Å². The van der Waals surface area contributed by atoms with Crippen LogP contribution >= 0.6 is 34.7 Å². The Bertz CT molecular complexity index is 780. The van der Waals surface area contributed by atoms with E-state index in [9.17, 15) is 12.8 Å². The molecule has 114 valence electrons. The fraction of sp³-hybridized carbons (Fsp3) is 0. The summed E-state index contributed by atoms with van der Waals surface area (Å²) in [6.45, 7) is 0. The lowest BCUT2D eigenvalue weighted by Gasteiger charge is -2.11. The van der Waals surface area contributed by atoms with Gasteiger partial charge in [0, 0.05) is 21.9 Å². The lowest BCUT2D eigenvalue weighted by Crippen LogP contribution is -2.04. The van der Waals surface area contributed by atoms with Gasteiger partial charge >= 0.3 is 0 Å². The van der Waals surface area contributed by atoms with E-state index in [2.05, 4.69) is 0 Å². The Morgan fingerprint density at radius 3 is 2.10 bits per heavy atom. The first kappa shape index (κ1) is 17.8. The van der Waals surface area contributed by atoms with Crippen molar-refractivity contribution in [2.24, 2.45) is 0 Å². The van der Waals surface area contributed by atoms with Gasteiger partial charge in [-0.2, -0.15) is 0 Å². The predicted octanol–water partition coefficient (Wildman–Crippen LogP) is 3.66. The largest absolute Gasteiger partial charge is 0.399 e. The third-order valence-electron chi connectivity index (χ3n) is 2.67. The van der Waals surface area contributed by atoms with Crippen LogP contribution in [0.4, 0.5) is 15.8 Å². The molecule has 0 amide bonds. The highest BCUT2D eigenvalue weighted by Gasteiger charge is 2.25. The van der Waals surface area contributed by atoms with Gasteiger partial charge in [0.05, 0.1) is 10.7 Å². The van der Waals surface area contributed by atoms with E-state index < -0.39 is 25.5 Å². The summed E-state index contributed by atoms with van der Waals surface area (Å²) in [7, 11) is 0.837. The number of halogens is 4. The quantitative estimate of drug-likeness (QED) is 0.623. The lowest BCUT2D eigenvalue weighted by molar-refractivity contribution is 0.579. The zero-order chi connectivity index (χ0) is 15.1. The maximum Gasteiger partial charge on any atom is 0.266 e. The second kappa shape index (κ2) is 6.27. The van der Waals surface area contributed by atoms with Crippen LogP contribution in [0.1, 0.15) is 0 Å². The molecule has 0 fully saturated rings. The summed E-state index contributed by atoms with van der Waals surface area (Å²) in [5.74, 6) is -1.05. The molecule has 0 aromatic heterocycles. The minimum atomic E-state index is -4.36. The van der Waals surface area contributed by atoms with Gasteiger partial charge in [-0.3, -0.25) is 0 Å². The van der Waals surface area contributed by atoms with Gasteiger partial charge in [0.1, 0.15) is 4.90 Å². The van der Waals surface area contributed by atoms with Crippen LogP contribution in [0.5, 0.6) is 0 Å². The summed E-state index contributed by atoms with van der Waals surface area (Å²) < 4.78 is 37.2. The monoisotopic (exact) mass is 370 g/mol. The number of nitrogens with two attached hydrogens (primary N) is 2. The summed E-state index contributed by atoms with van der Waals surface area (Å²) >= 11 is 5.84. The Balaban J connectivity index is 0.00000220. The molecule has 0 radical (unpaired) electrons. The average molecular weight is 372 g/mol. The van der Waals surface area contributed by atoms with Crippen molar-refractivity contribution in [2.45, 2.75) is 4.90 Å². The van der Waals surface area contributed by atoms with Crippen molar-refractivity contribution in [1.29, 1.82) is 0 Å². The Labute approximate surface area is 136 Å². The maximum absolute atomic E-state index is 14.4. The summed E-state index contributed by atoms with van der Waals surface area (Å²) in [4.78, 5) is -0.821. The summed E-state index contributed by atoms with van der Waals surface area (Å²) in [5, 5.41) is -0.0996. The van der Waals surface area contributed by atoms with Crippen LogP contribution in [0.25, 0.3) is 11.1 Å². The van der Waals surface area contributed by atoms with Crippen LogP contribution in [0, 0.1) is 5.82 Å². The molecule has 0 heterocycles. The van der Waals surface area contributed by atoms with Crippen molar-refractivity contribution < 1.29 is 12.8 Å². The number of anilines is 2. The van der Waals surface area contributed by atoms with Gasteiger partial charge < -0.3 is 11.5 Å². The van der Waals surface area contributed by atoms with Crippen LogP contribution in [-0.4, -0.2) is 8.42 Å². The number of benzene rings is 2. The van der Waals surface area contributed by atoms with E-state index in [1.54, 1.807) is 12.1 Å². The number of hydrogen-bond donors (Lipinski definition) is 2. The molecule has 0 aliphatic heterocycles. The average Bonchev–Trinajstić information content (AvgIpc) is 2.33. The minimum absolute atomic E-state index is 0. The Morgan fingerprint density at radius 2 is 1.62 bits per heavy atom. The molecule has 0 aliphatic rings. The van der Waals surface area contributed by atoms with Crippen molar-refractivity contribution in [2.75, 3.05) is 11.5 Å². The van der Waals surface area contributed by atoms with Crippen molar-refractivity contribution >= 4 is 55.1 Å². The van der Waals surface area contributed by atoms with Crippen molar-refractivity contribution in [1.82, 2.24) is 0 Å². The molecule has 0 saturated heterocycles. The first-order valence-electron chi connectivity index (χ1n) is 5.30. The van der Waals surface area contributed by atoms with Gasteiger partial charge in [0.25, 0.3) is 9.05 Å². The first-order chi connectivity index (χ1) is 9.21. The topological polar surface area (TPSA) is 86.2 Å². The highest BCUT2D eigenvalue weighted by molar-refractivity contribution is 8.13. The van der Waals surface area contributed by atoms with Crippen LogP contribution in [0.15, 0.2) is 35.2 Å². The molecule has 2 aromatic carbocycles. The van der Waals surface area contributed by atoms with Gasteiger partial charge in [0.2, 0.25) is 0 Å². The first-order valence-corrected chi connectivity index (χ1v) is 7.98. The molecule has 0 unspecified atom stereocenters. The van der Waals surface area contributed by atoms with Crippen molar-refractivity contribution in [3.05, 3.63) is 41.2 Å². The van der Waals surface area contributed by atoms with E-state index in [0.29, 0.717) is 11.3 Å². The molecule has 9 heteroatoms. The highest BCUT2D eigenvalue weighted by atomic mass is 35.7. The normalized spacial score (nSPS) is 11.0. The van der Waals surface area contributed by atoms with E-state index in [4.69, 9.17) is 33.8 Å². The van der Waals surface area contributed by atoms with E-state index >= 15 is 0 Å². The second-order valence-electron chi connectivity index (χ2n) is 4.02. The highest BCUT2D eigenvalue weighted by Crippen LogP contribution is 2.38. The molecule has 0 spiro atoms. The van der Waals surface area contributed by atoms with Gasteiger partial charge in [-0.1, -0.05) is 23.7 Å². The molecule has 0 atom stereocenters. The fourth-order valence-electron chi connectivity index (χ4n) is 1.73. The standard InChI is InChI=1S/C12H9Cl2FN2O2S.ClH/c13-9-5-8(6-1-3-7(16)4-2-6)10(15)12(11(9)17)20(14,18)19;/h1-5H,16-17H2;1H. The van der Waals surface area contributed by atoms with Gasteiger partial charge in [-0.05, 0) is 23.8 Å². The third-order valence-corrected chi connectivity index (χ3v) is 4.34. The van der Waals surface area contributed by atoms with E-state index in [0.717, 1.165) is 0 Å². The zero-order valence-electron chi connectivity index (χ0n) is 10.3. The molecule has 21 heavy (non-hydrogen) atoms. The van der Waals surface area contributed by atoms with Crippen LogP contribution < -0.4 is 11.5 Å². The predicted molar refractivity (Wildman–Crippen MR) is 86.0 cm³/mol. The molecule has 0 saturated carbocycles. The second-order valence-corrected chi connectivity index (χ2v) is 6.93. The summed E-state index contributed by atoms with van der Waals surface area (Å²) in [6.07, 6.45) is 0. The third kappa shape index (κ3) is 3.52. The Kier molecular flexibility index (Phi) is 5.33. The SMILES string of the molecule is Cl.Nc1ccc(-c2cc(Cl)c(N)c(S(=O)(=O)Cl)c2F)cc1. The summed E-state index contributed by atoms with van der Waals surface area (Å²) in [5.41, 5.74) is 11.5. The molecule has 4 nitrogen and oxygen atoms in total. The van der Waals surface area contributed by atoms with Crippen molar-refractivity contribution in [3.63, 3.8) is 0 Å². The molecule has 2 aromatic rings. The Morgan fingerprint density at radius 1 is 1.10 bits per heavy atom. The lowest BCUT2D eigenvalue weighted by atomic mass is 10.0. The van der Waals surface area contributed by atoms with Crippen molar-refractivity contribution in [3.8, 4) is 11.1 Å². The Hall–Kier alpha value is -1.21. The molecule has 0 bridgehead atoms. The van der Waals surface area contributed by atoms with Gasteiger partial charge in [-0.15, -0.1) is 12.4 Å². The van der Waals surface area contributed by atoms with E-state index in [-0.39, 0.29) is 23.0 Å². The van der Waals surface area contributed by atoms with Gasteiger partial charge in [0.15, 0.2) is 5.82 Å². The number of rotatable bonds is 2. The molecule has 0 aliphatic carbocycles. The van der Waals surface area contributed by atoms with Crippen LogP contribution in [0.2, 0.25) is 5.02 Å². The molecule has 4 N–H and O–H groups in total. The molecular weight excluding hydrogens is 362 g/mol.